The molecule has 1 N–H and O–H groups in total. The summed E-state index contributed by atoms with van der Waals surface area (Å²) in [5.74, 6) is 0.758. The molecule has 1 unspecified atom stereocenters. The maximum Gasteiger partial charge on any atom is 0.00643 e. The van der Waals surface area contributed by atoms with Crippen molar-refractivity contribution >= 4 is 0 Å². The van der Waals surface area contributed by atoms with Crippen LogP contribution in [0.3, 0.4) is 0 Å². The molecule has 0 saturated carbocycles. The van der Waals surface area contributed by atoms with E-state index in [0.717, 1.165) is 25.4 Å². The number of rotatable bonds is 11. The van der Waals surface area contributed by atoms with Crippen LogP contribution in [0.1, 0.15) is 46.5 Å². The molecular formula is C15H32N2. The Morgan fingerprint density at radius 3 is 2.53 bits per heavy atom. The molecule has 17 heavy (non-hydrogen) atoms. The van der Waals surface area contributed by atoms with Crippen molar-refractivity contribution in [2.45, 2.75) is 52.5 Å². The van der Waals surface area contributed by atoms with Crippen LogP contribution in [0.25, 0.3) is 0 Å². The predicted octanol–water partition coefficient (Wildman–Crippen LogP) is 3.30. The van der Waals surface area contributed by atoms with Crippen molar-refractivity contribution in [3.63, 3.8) is 0 Å². The van der Waals surface area contributed by atoms with Gasteiger partial charge in [-0.2, -0.15) is 0 Å². The van der Waals surface area contributed by atoms with Gasteiger partial charge in [-0.1, -0.05) is 19.9 Å². The van der Waals surface area contributed by atoms with E-state index < -0.39 is 0 Å². The molecule has 0 rings (SSSR count). The number of unbranched alkanes of at least 4 members (excludes halogenated alkanes) is 1. The molecule has 0 aromatic carbocycles. The van der Waals surface area contributed by atoms with Crippen LogP contribution in [0.2, 0.25) is 0 Å². The lowest BCUT2D eigenvalue weighted by Crippen LogP contribution is -2.31. The van der Waals surface area contributed by atoms with Gasteiger partial charge in [-0.15, -0.1) is 6.58 Å². The van der Waals surface area contributed by atoms with Crippen molar-refractivity contribution in [3.8, 4) is 0 Å². The molecule has 0 bridgehead atoms. The smallest absolute Gasteiger partial charge is 0.00643 e. The fraction of sp³-hybridized carbons (Fsp3) is 0.867. The largest absolute Gasteiger partial charge is 0.316 e. The Morgan fingerprint density at radius 1 is 1.24 bits per heavy atom. The number of hydrogen-bond acceptors (Lipinski definition) is 2. The zero-order valence-corrected chi connectivity index (χ0v) is 12.3. The summed E-state index contributed by atoms with van der Waals surface area (Å²) < 4.78 is 0. The van der Waals surface area contributed by atoms with Gasteiger partial charge in [-0.05, 0) is 65.2 Å². The van der Waals surface area contributed by atoms with Crippen LogP contribution < -0.4 is 5.32 Å². The highest BCUT2D eigenvalue weighted by Crippen LogP contribution is 2.05. The molecule has 0 aromatic heterocycles. The van der Waals surface area contributed by atoms with Crippen LogP contribution in [0.4, 0.5) is 0 Å². The van der Waals surface area contributed by atoms with E-state index in [1.807, 2.05) is 6.08 Å². The SMILES string of the molecule is C=CCCCN(C)C(C)CCCNCC(C)C. The Kier molecular flexibility index (Phi) is 10.6. The Hall–Kier alpha value is -0.340. The summed E-state index contributed by atoms with van der Waals surface area (Å²) in [6, 6.07) is 0.695. The van der Waals surface area contributed by atoms with Crippen LogP contribution in [-0.4, -0.2) is 37.6 Å². The second-order valence-corrected chi connectivity index (χ2v) is 5.50. The van der Waals surface area contributed by atoms with Gasteiger partial charge in [0.05, 0.1) is 0 Å². The van der Waals surface area contributed by atoms with Crippen molar-refractivity contribution in [3.05, 3.63) is 12.7 Å². The maximum atomic E-state index is 3.76. The summed E-state index contributed by atoms with van der Waals surface area (Å²) in [4.78, 5) is 2.46. The second kappa shape index (κ2) is 10.8. The lowest BCUT2D eigenvalue weighted by Gasteiger charge is -2.24. The molecule has 102 valence electrons. The second-order valence-electron chi connectivity index (χ2n) is 5.50. The summed E-state index contributed by atoms with van der Waals surface area (Å²) in [7, 11) is 2.23. The monoisotopic (exact) mass is 240 g/mol. The number of nitrogens with one attached hydrogen (secondary N) is 1. The Balaban J connectivity index is 3.43. The van der Waals surface area contributed by atoms with Gasteiger partial charge in [0.15, 0.2) is 0 Å². The summed E-state index contributed by atoms with van der Waals surface area (Å²) in [6.45, 7) is 14.1. The highest BCUT2D eigenvalue weighted by molar-refractivity contribution is 4.69. The molecule has 0 amide bonds. The molecule has 0 aliphatic rings. The van der Waals surface area contributed by atoms with Gasteiger partial charge in [0.1, 0.15) is 0 Å². The van der Waals surface area contributed by atoms with E-state index in [9.17, 15) is 0 Å². The molecule has 0 heterocycles. The van der Waals surface area contributed by atoms with Crippen LogP contribution in [0.5, 0.6) is 0 Å². The molecular weight excluding hydrogens is 208 g/mol. The number of hydrogen-bond donors (Lipinski definition) is 1. The van der Waals surface area contributed by atoms with Crippen molar-refractivity contribution in [1.29, 1.82) is 0 Å². The molecule has 0 aliphatic carbocycles. The molecule has 0 saturated heterocycles. The maximum absolute atomic E-state index is 3.76. The van der Waals surface area contributed by atoms with E-state index >= 15 is 0 Å². The van der Waals surface area contributed by atoms with Crippen molar-refractivity contribution < 1.29 is 0 Å². The van der Waals surface area contributed by atoms with E-state index in [2.05, 4.69) is 44.6 Å². The van der Waals surface area contributed by atoms with Crippen LogP contribution >= 0.6 is 0 Å². The first-order chi connectivity index (χ1) is 8.07. The third kappa shape index (κ3) is 10.5. The summed E-state index contributed by atoms with van der Waals surface area (Å²) in [5, 5.41) is 3.50. The Bertz CT molecular complexity index is 178. The van der Waals surface area contributed by atoms with Gasteiger partial charge in [-0.25, -0.2) is 0 Å². The zero-order chi connectivity index (χ0) is 13.1. The number of nitrogens with zero attached hydrogens (tertiary/aromatic N) is 1. The van der Waals surface area contributed by atoms with Gasteiger partial charge in [0, 0.05) is 6.04 Å². The van der Waals surface area contributed by atoms with E-state index in [-0.39, 0.29) is 0 Å². The fourth-order valence-electron chi connectivity index (χ4n) is 1.84. The first-order valence-corrected chi connectivity index (χ1v) is 7.09. The average Bonchev–Trinajstić information content (AvgIpc) is 2.28. The van der Waals surface area contributed by atoms with Gasteiger partial charge in [0.25, 0.3) is 0 Å². The highest BCUT2D eigenvalue weighted by atomic mass is 15.1. The van der Waals surface area contributed by atoms with Crippen LogP contribution in [0.15, 0.2) is 12.7 Å². The molecule has 0 fully saturated rings. The number of allylic oxidation sites excluding steroid dienone is 1. The van der Waals surface area contributed by atoms with Gasteiger partial charge in [0.2, 0.25) is 0 Å². The van der Waals surface area contributed by atoms with Crippen LogP contribution in [-0.2, 0) is 0 Å². The molecule has 0 aromatic rings. The normalized spacial score (nSPS) is 13.3. The summed E-state index contributed by atoms with van der Waals surface area (Å²) in [6.07, 6.45) is 6.94. The van der Waals surface area contributed by atoms with E-state index in [0.29, 0.717) is 6.04 Å². The molecule has 0 aliphatic heterocycles. The first kappa shape index (κ1) is 16.7. The fourth-order valence-corrected chi connectivity index (χ4v) is 1.84. The third-order valence-electron chi connectivity index (χ3n) is 3.20. The van der Waals surface area contributed by atoms with E-state index in [1.165, 1.54) is 25.8 Å². The molecule has 2 nitrogen and oxygen atoms in total. The topological polar surface area (TPSA) is 15.3 Å². The van der Waals surface area contributed by atoms with Crippen molar-refractivity contribution in [1.82, 2.24) is 10.2 Å². The van der Waals surface area contributed by atoms with Crippen molar-refractivity contribution in [2.75, 3.05) is 26.7 Å². The van der Waals surface area contributed by atoms with Crippen molar-refractivity contribution in [2.24, 2.45) is 5.92 Å². The van der Waals surface area contributed by atoms with Gasteiger partial charge < -0.3 is 10.2 Å². The minimum absolute atomic E-state index is 0.695. The van der Waals surface area contributed by atoms with Crippen LogP contribution in [0, 0.1) is 5.92 Å². The van der Waals surface area contributed by atoms with Gasteiger partial charge in [-0.3, -0.25) is 0 Å². The predicted molar refractivity (Wildman–Crippen MR) is 78.5 cm³/mol. The minimum atomic E-state index is 0.695. The summed E-state index contributed by atoms with van der Waals surface area (Å²) in [5.41, 5.74) is 0. The molecule has 0 radical (unpaired) electrons. The Morgan fingerprint density at radius 2 is 1.94 bits per heavy atom. The zero-order valence-electron chi connectivity index (χ0n) is 12.3. The highest BCUT2D eigenvalue weighted by Gasteiger charge is 2.07. The quantitative estimate of drug-likeness (QED) is 0.440. The lowest BCUT2D eigenvalue weighted by atomic mass is 10.1. The Labute approximate surface area is 108 Å². The molecule has 0 spiro atoms. The standard InChI is InChI=1S/C15H32N2/c1-6-7-8-12-17(5)15(4)10-9-11-16-13-14(2)3/h6,14-16H,1,7-13H2,2-5H3. The third-order valence-corrected chi connectivity index (χ3v) is 3.20. The molecule has 2 heteroatoms. The lowest BCUT2D eigenvalue weighted by molar-refractivity contribution is 0.240. The molecule has 1 atom stereocenters. The summed E-state index contributed by atoms with van der Waals surface area (Å²) >= 11 is 0. The van der Waals surface area contributed by atoms with Gasteiger partial charge >= 0.3 is 0 Å². The first-order valence-electron chi connectivity index (χ1n) is 7.09. The minimum Gasteiger partial charge on any atom is -0.316 e. The van der Waals surface area contributed by atoms with E-state index in [4.69, 9.17) is 0 Å². The van der Waals surface area contributed by atoms with E-state index in [1.54, 1.807) is 0 Å². The average molecular weight is 240 g/mol.